The summed E-state index contributed by atoms with van der Waals surface area (Å²) in [6.45, 7) is 7.75. The number of aromatic nitrogens is 2. The molecule has 1 N–H and O–H groups in total. The van der Waals surface area contributed by atoms with Gasteiger partial charge >= 0.3 is 0 Å². The predicted octanol–water partition coefficient (Wildman–Crippen LogP) is 2.61. The molecule has 0 aliphatic carbocycles. The van der Waals surface area contributed by atoms with Crippen LogP contribution in [0, 0.1) is 0 Å². The molecule has 0 aliphatic heterocycles. The molecule has 0 saturated heterocycles. The fourth-order valence-corrected chi connectivity index (χ4v) is 1.33. The number of hydrogen-bond acceptors (Lipinski definition) is 2. The monoisotopic (exact) mass is 239 g/mol. The maximum Gasteiger partial charge on any atom is 0.219 e. The Kier molecular flexibility index (Phi) is 10.3. The molecule has 0 saturated carbocycles. The van der Waals surface area contributed by atoms with E-state index in [0.717, 1.165) is 32.4 Å². The van der Waals surface area contributed by atoms with Crippen LogP contribution in [0.1, 0.15) is 46.5 Å². The molecule has 0 fully saturated rings. The molecule has 0 radical (unpaired) electrons. The van der Waals surface area contributed by atoms with E-state index >= 15 is 0 Å². The number of aryl methyl sites for hydroxylation is 1. The number of carbonyl (C=O) groups excluding carboxylic acids is 1. The van der Waals surface area contributed by atoms with E-state index in [2.05, 4.69) is 17.2 Å². The number of amides is 1. The molecule has 1 rings (SSSR count). The van der Waals surface area contributed by atoms with Crippen LogP contribution in [0.4, 0.5) is 0 Å². The molecule has 0 unspecified atom stereocenters. The fourth-order valence-electron chi connectivity index (χ4n) is 1.33. The summed E-state index contributed by atoms with van der Waals surface area (Å²) >= 11 is 0. The molecule has 1 amide bonds. The van der Waals surface area contributed by atoms with Crippen molar-refractivity contribution in [2.75, 3.05) is 6.54 Å². The third-order valence-electron chi connectivity index (χ3n) is 2.23. The molecule has 1 aromatic rings. The minimum absolute atomic E-state index is 0.169. The molecular weight excluding hydrogens is 214 g/mol. The highest BCUT2D eigenvalue weighted by molar-refractivity contribution is 5.75. The zero-order valence-corrected chi connectivity index (χ0v) is 11.3. The van der Waals surface area contributed by atoms with Crippen LogP contribution in [-0.2, 0) is 11.3 Å². The standard InChI is InChI=1S/C11H19N3O.C2H6/c1-2-3-5-11(15)13-6-4-8-14-9-7-12-10-14;1-2/h7,9-10H,2-6,8H2,1H3,(H,13,15);1-2H3. The highest BCUT2D eigenvalue weighted by Crippen LogP contribution is 1.94. The van der Waals surface area contributed by atoms with Crippen molar-refractivity contribution in [1.29, 1.82) is 0 Å². The van der Waals surface area contributed by atoms with Crippen LogP contribution >= 0.6 is 0 Å². The number of rotatable bonds is 7. The molecule has 1 aromatic heterocycles. The summed E-state index contributed by atoms with van der Waals surface area (Å²) in [6, 6.07) is 0. The Morgan fingerprint density at radius 2 is 2.12 bits per heavy atom. The van der Waals surface area contributed by atoms with Crippen LogP contribution in [0.2, 0.25) is 0 Å². The van der Waals surface area contributed by atoms with E-state index < -0.39 is 0 Å². The van der Waals surface area contributed by atoms with Gasteiger partial charge in [-0.15, -0.1) is 0 Å². The lowest BCUT2D eigenvalue weighted by Crippen LogP contribution is -2.24. The smallest absolute Gasteiger partial charge is 0.219 e. The molecule has 0 atom stereocenters. The van der Waals surface area contributed by atoms with Gasteiger partial charge in [0.2, 0.25) is 5.91 Å². The van der Waals surface area contributed by atoms with Gasteiger partial charge in [-0.3, -0.25) is 4.79 Å². The van der Waals surface area contributed by atoms with Gasteiger partial charge in [-0.1, -0.05) is 27.2 Å². The molecule has 4 nitrogen and oxygen atoms in total. The van der Waals surface area contributed by atoms with Gasteiger partial charge in [0.15, 0.2) is 0 Å². The van der Waals surface area contributed by atoms with Gasteiger partial charge in [0, 0.05) is 31.9 Å². The molecule has 0 aromatic carbocycles. The van der Waals surface area contributed by atoms with Gasteiger partial charge in [0.05, 0.1) is 6.33 Å². The van der Waals surface area contributed by atoms with E-state index in [1.165, 1.54) is 0 Å². The summed E-state index contributed by atoms with van der Waals surface area (Å²) in [5, 5.41) is 2.91. The van der Waals surface area contributed by atoms with E-state index in [1.807, 2.05) is 24.6 Å². The van der Waals surface area contributed by atoms with E-state index in [1.54, 1.807) is 12.5 Å². The summed E-state index contributed by atoms with van der Waals surface area (Å²) < 4.78 is 2.01. The third-order valence-corrected chi connectivity index (χ3v) is 2.23. The Hall–Kier alpha value is -1.32. The molecule has 0 spiro atoms. The molecule has 98 valence electrons. The van der Waals surface area contributed by atoms with Crippen LogP contribution in [0.15, 0.2) is 18.7 Å². The third kappa shape index (κ3) is 8.48. The van der Waals surface area contributed by atoms with Crippen molar-refractivity contribution < 1.29 is 4.79 Å². The predicted molar refractivity (Wildman–Crippen MR) is 70.7 cm³/mol. The first-order valence-electron chi connectivity index (χ1n) is 6.55. The van der Waals surface area contributed by atoms with Crippen molar-refractivity contribution in [3.8, 4) is 0 Å². The number of imidazole rings is 1. The molecule has 0 aliphatic rings. The van der Waals surface area contributed by atoms with Crippen LogP contribution in [0.3, 0.4) is 0 Å². The first kappa shape index (κ1) is 15.7. The molecule has 17 heavy (non-hydrogen) atoms. The van der Waals surface area contributed by atoms with Crippen molar-refractivity contribution in [2.24, 2.45) is 0 Å². The lowest BCUT2D eigenvalue weighted by atomic mass is 10.2. The summed E-state index contributed by atoms with van der Waals surface area (Å²) in [6.07, 6.45) is 9.14. The lowest BCUT2D eigenvalue weighted by Gasteiger charge is -2.04. The minimum atomic E-state index is 0.169. The van der Waals surface area contributed by atoms with Crippen molar-refractivity contribution in [3.63, 3.8) is 0 Å². The fraction of sp³-hybridized carbons (Fsp3) is 0.692. The summed E-state index contributed by atoms with van der Waals surface area (Å²) in [5.41, 5.74) is 0. The second-order valence-electron chi connectivity index (χ2n) is 3.61. The SMILES string of the molecule is CC.CCCCC(=O)NCCCn1ccnc1. The average Bonchev–Trinajstić information content (AvgIpc) is 2.87. The zero-order chi connectivity index (χ0) is 12.9. The highest BCUT2D eigenvalue weighted by atomic mass is 16.1. The number of nitrogens with zero attached hydrogens (tertiary/aromatic N) is 2. The van der Waals surface area contributed by atoms with E-state index in [0.29, 0.717) is 6.42 Å². The van der Waals surface area contributed by atoms with Crippen molar-refractivity contribution >= 4 is 5.91 Å². The number of nitrogens with one attached hydrogen (secondary N) is 1. The van der Waals surface area contributed by atoms with Crippen LogP contribution < -0.4 is 5.32 Å². The van der Waals surface area contributed by atoms with Crippen LogP contribution in [0.25, 0.3) is 0 Å². The van der Waals surface area contributed by atoms with Crippen molar-refractivity contribution in [3.05, 3.63) is 18.7 Å². The molecule has 4 heteroatoms. The van der Waals surface area contributed by atoms with Crippen molar-refractivity contribution in [1.82, 2.24) is 14.9 Å². The van der Waals surface area contributed by atoms with Gasteiger partial charge in [0.1, 0.15) is 0 Å². The maximum atomic E-state index is 11.2. The van der Waals surface area contributed by atoms with Crippen LogP contribution in [-0.4, -0.2) is 22.0 Å². The molecule has 1 heterocycles. The Morgan fingerprint density at radius 3 is 2.71 bits per heavy atom. The zero-order valence-electron chi connectivity index (χ0n) is 11.3. The first-order chi connectivity index (χ1) is 8.33. The Balaban J connectivity index is 0.00000121. The maximum absolute atomic E-state index is 11.2. The highest BCUT2D eigenvalue weighted by Gasteiger charge is 1.98. The summed E-state index contributed by atoms with van der Waals surface area (Å²) in [5.74, 6) is 0.169. The Labute approximate surface area is 104 Å². The van der Waals surface area contributed by atoms with Crippen molar-refractivity contribution in [2.45, 2.75) is 53.0 Å². The normalized spacial score (nSPS) is 9.35. The lowest BCUT2D eigenvalue weighted by molar-refractivity contribution is -0.121. The quantitative estimate of drug-likeness (QED) is 0.743. The Bertz CT molecular complexity index is 270. The average molecular weight is 239 g/mol. The second-order valence-corrected chi connectivity index (χ2v) is 3.61. The van der Waals surface area contributed by atoms with Gasteiger partial charge < -0.3 is 9.88 Å². The largest absolute Gasteiger partial charge is 0.356 e. The van der Waals surface area contributed by atoms with E-state index in [-0.39, 0.29) is 5.91 Å². The van der Waals surface area contributed by atoms with Crippen LogP contribution in [0.5, 0.6) is 0 Å². The number of unbranched alkanes of at least 4 members (excludes halogenated alkanes) is 1. The Morgan fingerprint density at radius 1 is 1.35 bits per heavy atom. The summed E-state index contributed by atoms with van der Waals surface area (Å²) in [4.78, 5) is 15.2. The summed E-state index contributed by atoms with van der Waals surface area (Å²) in [7, 11) is 0. The minimum Gasteiger partial charge on any atom is -0.356 e. The molecular formula is C13H25N3O. The number of carbonyl (C=O) groups is 1. The van der Waals surface area contributed by atoms with E-state index in [9.17, 15) is 4.79 Å². The van der Waals surface area contributed by atoms with E-state index in [4.69, 9.17) is 0 Å². The second kappa shape index (κ2) is 11.2. The van der Waals surface area contributed by atoms with Gasteiger partial charge in [0.25, 0.3) is 0 Å². The first-order valence-corrected chi connectivity index (χ1v) is 6.55. The number of hydrogen-bond donors (Lipinski definition) is 1. The van der Waals surface area contributed by atoms with Gasteiger partial charge in [-0.25, -0.2) is 4.98 Å². The topological polar surface area (TPSA) is 46.9 Å². The molecule has 0 bridgehead atoms. The van der Waals surface area contributed by atoms with Gasteiger partial charge in [-0.2, -0.15) is 0 Å². The van der Waals surface area contributed by atoms with Gasteiger partial charge in [-0.05, 0) is 12.8 Å².